The molecule has 2 rings (SSSR count). The van der Waals surface area contributed by atoms with E-state index in [1.807, 2.05) is 0 Å². The van der Waals surface area contributed by atoms with Crippen molar-refractivity contribution in [1.82, 2.24) is 0 Å². The smallest absolute Gasteiger partial charge is 0.0846 e. The van der Waals surface area contributed by atoms with Crippen LogP contribution in [0.3, 0.4) is 0 Å². The second-order valence-electron chi connectivity index (χ2n) is 6.13. The minimum Gasteiger partial charge on any atom is -0.388 e. The lowest BCUT2D eigenvalue weighted by atomic mass is 9.61. The summed E-state index contributed by atoms with van der Waals surface area (Å²) in [4.78, 5) is 2.33. The highest BCUT2D eigenvalue weighted by atomic mass is 16.3. The van der Waals surface area contributed by atoms with E-state index in [0.717, 1.165) is 31.5 Å². The predicted molar refractivity (Wildman–Crippen MR) is 86.2 cm³/mol. The molecule has 0 saturated heterocycles. The van der Waals surface area contributed by atoms with Crippen LogP contribution in [0.25, 0.3) is 0 Å². The Bertz CT molecular complexity index is 404. The van der Waals surface area contributed by atoms with Gasteiger partial charge in [0.2, 0.25) is 0 Å². The van der Waals surface area contributed by atoms with Gasteiger partial charge < -0.3 is 10.0 Å². The fourth-order valence-electron chi connectivity index (χ4n) is 3.60. The van der Waals surface area contributed by atoms with Crippen LogP contribution in [-0.4, -0.2) is 18.2 Å². The summed E-state index contributed by atoms with van der Waals surface area (Å²) in [5.74, 6) is 0. The molecule has 1 aliphatic carbocycles. The zero-order valence-electron chi connectivity index (χ0n) is 13.2. The molecule has 1 saturated carbocycles. The molecule has 1 aromatic rings. The number of anilines is 1. The van der Waals surface area contributed by atoms with Gasteiger partial charge in [0.25, 0.3) is 0 Å². The molecule has 20 heavy (non-hydrogen) atoms. The zero-order valence-corrected chi connectivity index (χ0v) is 13.2. The van der Waals surface area contributed by atoms with E-state index < -0.39 is 0 Å². The molecule has 0 spiro atoms. The Morgan fingerprint density at radius 2 is 1.70 bits per heavy atom. The molecular weight excluding hydrogens is 246 g/mol. The Morgan fingerprint density at radius 3 is 2.10 bits per heavy atom. The second-order valence-corrected chi connectivity index (χ2v) is 6.13. The van der Waals surface area contributed by atoms with Crippen LogP contribution in [0.4, 0.5) is 5.69 Å². The van der Waals surface area contributed by atoms with Gasteiger partial charge in [-0.1, -0.05) is 31.9 Å². The fraction of sp³-hybridized carbons (Fsp3) is 0.667. The molecule has 0 bridgehead atoms. The van der Waals surface area contributed by atoms with Crippen molar-refractivity contribution in [1.29, 1.82) is 0 Å². The third-order valence-corrected chi connectivity index (χ3v) is 5.01. The van der Waals surface area contributed by atoms with Crippen molar-refractivity contribution in [3.05, 3.63) is 29.8 Å². The van der Waals surface area contributed by atoms with Crippen molar-refractivity contribution >= 4 is 5.69 Å². The van der Waals surface area contributed by atoms with Crippen molar-refractivity contribution in [2.45, 2.75) is 59.0 Å². The highest BCUT2D eigenvalue weighted by molar-refractivity contribution is 5.47. The van der Waals surface area contributed by atoms with Gasteiger partial charge in [0.05, 0.1) is 6.10 Å². The first-order chi connectivity index (χ1) is 9.66. The summed E-state index contributed by atoms with van der Waals surface area (Å²) in [5.41, 5.74) is 2.50. The van der Waals surface area contributed by atoms with E-state index in [-0.39, 0.29) is 11.5 Å². The summed E-state index contributed by atoms with van der Waals surface area (Å²) in [6.07, 6.45) is 5.65. The van der Waals surface area contributed by atoms with E-state index in [9.17, 15) is 5.11 Å². The van der Waals surface area contributed by atoms with E-state index in [1.165, 1.54) is 24.9 Å². The third kappa shape index (κ3) is 2.85. The molecule has 1 unspecified atom stereocenters. The van der Waals surface area contributed by atoms with Gasteiger partial charge in [-0.2, -0.15) is 0 Å². The predicted octanol–water partition coefficient (Wildman–Crippen LogP) is 4.54. The molecule has 0 aliphatic heterocycles. The van der Waals surface area contributed by atoms with Gasteiger partial charge >= 0.3 is 0 Å². The lowest BCUT2D eigenvalue weighted by Gasteiger charge is -2.46. The highest BCUT2D eigenvalue weighted by Crippen LogP contribution is 2.53. The third-order valence-electron chi connectivity index (χ3n) is 5.01. The van der Waals surface area contributed by atoms with Crippen LogP contribution in [0.15, 0.2) is 24.3 Å². The van der Waals surface area contributed by atoms with Crippen molar-refractivity contribution < 1.29 is 5.11 Å². The quantitative estimate of drug-likeness (QED) is 0.790. The average Bonchev–Trinajstić information content (AvgIpc) is 2.44. The van der Waals surface area contributed by atoms with E-state index in [0.29, 0.717) is 0 Å². The number of aliphatic hydroxyl groups excluding tert-OH is 1. The number of nitrogens with zero attached hydrogens (tertiary/aromatic N) is 1. The molecule has 1 fully saturated rings. The van der Waals surface area contributed by atoms with Crippen LogP contribution in [0.1, 0.15) is 64.5 Å². The SMILES string of the molecule is CCCC1(C(O)c2ccc(N(CC)CC)cc2)CCC1. The molecule has 1 atom stereocenters. The molecule has 1 aromatic carbocycles. The van der Waals surface area contributed by atoms with Crippen LogP contribution in [-0.2, 0) is 0 Å². The summed E-state index contributed by atoms with van der Waals surface area (Å²) in [6, 6.07) is 8.55. The maximum atomic E-state index is 10.8. The van der Waals surface area contributed by atoms with Crippen LogP contribution >= 0.6 is 0 Å². The molecule has 0 heterocycles. The number of aliphatic hydroxyl groups is 1. The van der Waals surface area contributed by atoms with E-state index >= 15 is 0 Å². The lowest BCUT2D eigenvalue weighted by molar-refractivity contribution is -0.0440. The van der Waals surface area contributed by atoms with Gasteiger partial charge in [0.1, 0.15) is 0 Å². The first-order valence-corrected chi connectivity index (χ1v) is 8.19. The van der Waals surface area contributed by atoms with E-state index in [2.05, 4.69) is 49.9 Å². The maximum absolute atomic E-state index is 10.8. The topological polar surface area (TPSA) is 23.5 Å². The first-order valence-electron chi connectivity index (χ1n) is 8.19. The van der Waals surface area contributed by atoms with E-state index in [1.54, 1.807) is 0 Å². The molecule has 2 heteroatoms. The minimum atomic E-state index is -0.290. The van der Waals surface area contributed by atoms with Crippen LogP contribution < -0.4 is 4.90 Å². The van der Waals surface area contributed by atoms with Gasteiger partial charge in [0, 0.05) is 24.2 Å². The normalized spacial score (nSPS) is 18.4. The van der Waals surface area contributed by atoms with Crippen LogP contribution in [0.5, 0.6) is 0 Å². The maximum Gasteiger partial charge on any atom is 0.0846 e. The van der Waals surface area contributed by atoms with E-state index in [4.69, 9.17) is 0 Å². The summed E-state index contributed by atoms with van der Waals surface area (Å²) in [5, 5.41) is 10.8. The van der Waals surface area contributed by atoms with Crippen LogP contribution in [0, 0.1) is 5.41 Å². The monoisotopic (exact) mass is 275 g/mol. The first kappa shape index (κ1) is 15.4. The highest BCUT2D eigenvalue weighted by Gasteiger charge is 2.42. The van der Waals surface area contributed by atoms with Crippen molar-refractivity contribution in [3.63, 3.8) is 0 Å². The average molecular weight is 275 g/mol. The molecule has 2 nitrogen and oxygen atoms in total. The Hall–Kier alpha value is -1.02. The number of hydrogen-bond donors (Lipinski definition) is 1. The van der Waals surface area contributed by atoms with Gasteiger partial charge in [-0.15, -0.1) is 0 Å². The zero-order chi connectivity index (χ0) is 14.6. The molecule has 112 valence electrons. The van der Waals surface area contributed by atoms with Gasteiger partial charge in [-0.3, -0.25) is 0 Å². The fourth-order valence-corrected chi connectivity index (χ4v) is 3.60. The van der Waals surface area contributed by atoms with Crippen molar-refractivity contribution in [2.75, 3.05) is 18.0 Å². The molecule has 0 radical (unpaired) electrons. The summed E-state index contributed by atoms with van der Waals surface area (Å²) < 4.78 is 0. The Balaban J connectivity index is 2.13. The standard InChI is InChI=1S/C18H29NO/c1-4-12-18(13-7-14-18)17(20)15-8-10-16(11-9-15)19(5-2)6-3/h8-11,17,20H,4-7,12-14H2,1-3H3. The number of rotatable bonds is 7. The van der Waals surface area contributed by atoms with Gasteiger partial charge in [-0.25, -0.2) is 0 Å². The van der Waals surface area contributed by atoms with Crippen molar-refractivity contribution in [3.8, 4) is 0 Å². The summed E-state index contributed by atoms with van der Waals surface area (Å²) in [6.45, 7) is 8.63. The molecular formula is C18H29NO. The van der Waals surface area contributed by atoms with Crippen LogP contribution in [0.2, 0.25) is 0 Å². The van der Waals surface area contributed by atoms with Gasteiger partial charge in [-0.05, 0) is 50.8 Å². The lowest BCUT2D eigenvalue weighted by Crippen LogP contribution is -2.36. The summed E-state index contributed by atoms with van der Waals surface area (Å²) >= 11 is 0. The molecule has 0 amide bonds. The Kier molecular flexibility index (Phi) is 5.09. The number of hydrogen-bond acceptors (Lipinski definition) is 2. The minimum absolute atomic E-state index is 0.158. The number of benzene rings is 1. The van der Waals surface area contributed by atoms with Gasteiger partial charge in [0.15, 0.2) is 0 Å². The Labute approximate surface area is 123 Å². The molecule has 1 N–H and O–H groups in total. The summed E-state index contributed by atoms with van der Waals surface area (Å²) in [7, 11) is 0. The largest absolute Gasteiger partial charge is 0.388 e. The molecule has 0 aromatic heterocycles. The van der Waals surface area contributed by atoms with Crippen molar-refractivity contribution in [2.24, 2.45) is 5.41 Å². The molecule has 1 aliphatic rings. The Morgan fingerprint density at radius 1 is 1.10 bits per heavy atom. The second kappa shape index (κ2) is 6.62.